The Labute approximate surface area is 743 Å². The highest BCUT2D eigenvalue weighted by atomic mass is 16.5. The Kier molecular flexibility index (Phi) is 32.8. The Balaban J connectivity index is 0.000000138. The molecule has 128 heavy (non-hydrogen) atoms. The number of hydrogen-bond donors (Lipinski definition) is 7. The third-order valence-corrected chi connectivity index (χ3v) is 23.5. The van der Waals surface area contributed by atoms with Crippen LogP contribution in [-0.4, -0.2) is 256 Å². The second kappa shape index (κ2) is 45.3. The van der Waals surface area contributed by atoms with E-state index in [4.69, 9.17) is 60.8 Å². The Morgan fingerprint density at radius 3 is 1.05 bits per heavy atom. The third-order valence-electron chi connectivity index (χ3n) is 23.5. The number of likely N-dealkylation sites (N-methyl/N-ethyl adjacent to an activating group) is 1. The number of ether oxygens (including phenoxy) is 8. The molecule has 12 aromatic rings. The van der Waals surface area contributed by atoms with Crippen LogP contribution in [0, 0.1) is 11.8 Å². The van der Waals surface area contributed by atoms with E-state index in [1.807, 2.05) is 43.3 Å². The smallest absolute Gasteiger partial charge is 0.330 e. The number of fused-ring (bicyclic) bond motifs is 4. The molecule has 17 rings (SSSR count). The van der Waals surface area contributed by atoms with E-state index in [9.17, 15) is 19.2 Å². The summed E-state index contributed by atoms with van der Waals surface area (Å²) >= 11 is 0. The van der Waals surface area contributed by atoms with Gasteiger partial charge >= 0.3 is 46.8 Å². The molecular weight excluding hydrogens is 1640 g/mol. The van der Waals surface area contributed by atoms with Crippen molar-refractivity contribution >= 4 is 67.9 Å². The van der Waals surface area contributed by atoms with Crippen LogP contribution in [0.5, 0.6) is 24.0 Å². The van der Waals surface area contributed by atoms with E-state index >= 15 is 0 Å². The summed E-state index contributed by atoms with van der Waals surface area (Å²) in [6.07, 6.45) is 15.7. The molecule has 0 amide bonds. The summed E-state index contributed by atoms with van der Waals surface area (Å²) in [6, 6.07) is 34.2. The maximum atomic E-state index is 13.3. The lowest BCUT2D eigenvalue weighted by atomic mass is 10.1. The minimum Gasteiger partial charge on any atom is -0.461 e. The number of rotatable bonds is 37. The van der Waals surface area contributed by atoms with Gasteiger partial charge in [0.05, 0.1) is 52.6 Å². The predicted molar refractivity (Wildman–Crippen MR) is 492 cm³/mol. The number of aromatic nitrogens is 16. The van der Waals surface area contributed by atoms with Gasteiger partial charge in [-0.15, -0.1) is 0 Å². The second-order valence-corrected chi connectivity index (χ2v) is 33.7. The van der Waals surface area contributed by atoms with Crippen molar-refractivity contribution in [2.75, 3.05) is 177 Å². The topological polar surface area (TPSA) is 438 Å². The molecule has 5 fully saturated rings. The molecule has 3 aliphatic heterocycles. The fourth-order valence-corrected chi connectivity index (χ4v) is 16.6. The standard InChI is InChI=1S/C26H36N6O3.C22H31N7O3.C22H30N6O3.C21H28N6O3/c1-3-31-22-23(27)28-25(35-12-11-34-2)29-24(22)32(26(31)33)17-21-6-4-5-20(13-21)16-30(14-18-7-8-18)15-19-9-10-19;1-27-7-4-8-28(10-9-27)14-16-5-3-6-17(13-16)15-29-20-18(24-22(29)30)19(23)25-21(26-20)32-12-11-31-2;1-30-11-12-31-21-25-19(23)18-20(26-21)28(22(29)24-18)15-17-8-6-7-16(13-17)14-27-9-4-2-3-5-10-27;1-29-10-11-30-20-24-18(22)17-19(25-20)27(21(28)23-17)14-16-7-5-6-15(12-16)13-26-8-3-2-4-9-26/h4-6,13,18-19H,3,7-12,14-17H2,1-2H3,(H2,27,28,29);3,5-6,13H,4,7-12,14-15H2,1-2H3,(H,24,30)(H2,23,25,26);6-8,13H,2-5,9-12,14-15H2,1H3,(H,24,29)(H2,23,25,26);5-7,12H,2-4,8-11,13-14H2,1H3,(H,23,28)(H2,22,24,25). The van der Waals surface area contributed by atoms with Crippen LogP contribution in [-0.2, 0) is 77.9 Å². The van der Waals surface area contributed by atoms with Gasteiger partial charge in [-0.05, 0) is 167 Å². The van der Waals surface area contributed by atoms with Crippen molar-refractivity contribution in [3.05, 3.63) is 184 Å². The first kappa shape index (κ1) is 92.5. The predicted octanol–water partition coefficient (Wildman–Crippen LogP) is 7.72. The van der Waals surface area contributed by atoms with Crippen molar-refractivity contribution < 1.29 is 37.9 Å². The molecule has 2 saturated carbocycles. The summed E-state index contributed by atoms with van der Waals surface area (Å²) in [7, 11) is 8.54. The first-order valence-corrected chi connectivity index (χ1v) is 44.8. The van der Waals surface area contributed by atoms with E-state index < -0.39 is 0 Å². The summed E-state index contributed by atoms with van der Waals surface area (Å²) in [4.78, 5) is 106. The fraction of sp³-hybridized carbons (Fsp3) is 0.516. The Morgan fingerprint density at radius 2 is 0.680 bits per heavy atom. The number of aromatic amines is 3. The Hall–Kier alpha value is -11.7. The summed E-state index contributed by atoms with van der Waals surface area (Å²) in [5, 5.41) is 0. The molecule has 3 saturated heterocycles. The number of methoxy groups -OCH3 is 4. The zero-order valence-electron chi connectivity index (χ0n) is 74.7. The molecule has 0 atom stereocenters. The molecule has 0 radical (unpaired) electrons. The number of H-pyrrole nitrogens is 3. The number of nitrogens with zero attached hydrogens (tertiary/aromatic N) is 18. The number of nitrogen functional groups attached to an aromatic ring is 4. The number of aryl methyl sites for hydroxylation is 1. The highest BCUT2D eigenvalue weighted by molar-refractivity contribution is 5.84. The lowest BCUT2D eigenvalue weighted by Gasteiger charge is -2.26. The first-order chi connectivity index (χ1) is 62.4. The lowest BCUT2D eigenvalue weighted by molar-refractivity contribution is 0.141. The van der Waals surface area contributed by atoms with Crippen LogP contribution in [0.15, 0.2) is 116 Å². The van der Waals surface area contributed by atoms with Gasteiger partial charge in [-0.3, -0.25) is 42.4 Å². The van der Waals surface area contributed by atoms with Crippen molar-refractivity contribution in [1.29, 1.82) is 0 Å². The van der Waals surface area contributed by atoms with E-state index in [-0.39, 0.29) is 70.1 Å². The molecule has 4 aromatic carbocycles. The van der Waals surface area contributed by atoms with Crippen LogP contribution < -0.4 is 64.6 Å². The van der Waals surface area contributed by atoms with Crippen molar-refractivity contribution in [3.63, 3.8) is 0 Å². The van der Waals surface area contributed by atoms with Gasteiger partial charge in [0.2, 0.25) is 0 Å². The molecule has 2 aliphatic carbocycles. The summed E-state index contributed by atoms with van der Waals surface area (Å²) in [5.41, 5.74) is 36.1. The third kappa shape index (κ3) is 25.4. The number of nitrogens with two attached hydrogens (primary N) is 4. The molecule has 11 heterocycles. The van der Waals surface area contributed by atoms with E-state index in [2.05, 4.69) is 147 Å². The van der Waals surface area contributed by atoms with E-state index in [0.29, 0.717) is 130 Å². The van der Waals surface area contributed by atoms with Crippen molar-refractivity contribution in [3.8, 4) is 24.0 Å². The number of imidazole rings is 4. The van der Waals surface area contributed by atoms with Gasteiger partial charge in [-0.1, -0.05) is 116 Å². The normalized spacial score (nSPS) is 15.5. The number of likely N-dealkylation sites (tertiary alicyclic amines) is 2. The molecule has 5 aliphatic rings. The summed E-state index contributed by atoms with van der Waals surface area (Å²) in [5.74, 6) is 2.54. The lowest BCUT2D eigenvalue weighted by Crippen LogP contribution is -2.29. The minimum absolute atomic E-state index is 0.125. The van der Waals surface area contributed by atoms with Gasteiger partial charge in [0.15, 0.2) is 45.9 Å². The number of benzene rings is 4. The van der Waals surface area contributed by atoms with Crippen molar-refractivity contribution in [2.24, 2.45) is 11.8 Å². The van der Waals surface area contributed by atoms with Gasteiger partial charge in [-0.25, -0.2) is 19.2 Å². The largest absolute Gasteiger partial charge is 0.461 e. The Morgan fingerprint density at radius 1 is 0.359 bits per heavy atom. The van der Waals surface area contributed by atoms with Crippen LogP contribution in [0.2, 0.25) is 0 Å². The average Bonchev–Trinajstić information content (AvgIpc) is 1.62. The number of nitrogens with one attached hydrogen (secondary N) is 3. The highest BCUT2D eigenvalue weighted by Gasteiger charge is 2.30. The molecule has 0 unspecified atom stereocenters. The fourth-order valence-electron chi connectivity index (χ4n) is 16.6. The van der Waals surface area contributed by atoms with Gasteiger partial charge < -0.3 is 80.7 Å². The molecule has 686 valence electrons. The SMILES string of the molecule is CCn1c(=O)n(Cc2cccc(CN(CC3CC3)CC3CC3)c2)c2nc(OCCOC)nc(N)c21.COCCOc1nc(N)c2[nH]c(=O)n(Cc3cccc(CN4CCCCC4)c3)c2n1.COCCOc1nc(N)c2[nH]c(=O)n(Cc3cccc(CN4CCCCCC4)c3)c2n1.COCCOc1nc(N)c2[nH]c(=O)n(Cc3cccc(CN4CCCN(C)CC4)c3)c2n1. The van der Waals surface area contributed by atoms with Crippen LogP contribution in [0.4, 0.5) is 23.3 Å². The molecular formula is C91H125N25O12. The van der Waals surface area contributed by atoms with Crippen LogP contribution in [0.3, 0.4) is 0 Å². The molecule has 0 bridgehead atoms. The Bertz CT molecular complexity index is 5860. The highest BCUT2D eigenvalue weighted by Crippen LogP contribution is 2.35. The zero-order chi connectivity index (χ0) is 89.4. The molecule has 37 nitrogen and oxygen atoms in total. The van der Waals surface area contributed by atoms with Gasteiger partial charge in [0.1, 0.15) is 48.5 Å². The number of anilines is 4. The summed E-state index contributed by atoms with van der Waals surface area (Å²) < 4.78 is 50.1. The van der Waals surface area contributed by atoms with E-state index in [1.54, 1.807) is 51.3 Å². The maximum Gasteiger partial charge on any atom is 0.330 e. The number of hydrogen-bond acceptors (Lipinski definition) is 29. The van der Waals surface area contributed by atoms with Gasteiger partial charge in [0.25, 0.3) is 0 Å². The number of piperidine rings is 1. The summed E-state index contributed by atoms with van der Waals surface area (Å²) in [6.45, 7) is 21.9. The van der Waals surface area contributed by atoms with E-state index in [0.717, 1.165) is 113 Å². The monoisotopic (exact) mass is 1760 g/mol. The van der Waals surface area contributed by atoms with Crippen LogP contribution >= 0.6 is 0 Å². The van der Waals surface area contributed by atoms with E-state index in [1.165, 1.54) is 112 Å². The first-order valence-electron chi connectivity index (χ1n) is 44.8. The molecule has 0 spiro atoms. The average molecular weight is 1760 g/mol. The van der Waals surface area contributed by atoms with Crippen molar-refractivity contribution in [2.45, 2.75) is 143 Å². The van der Waals surface area contributed by atoms with Gasteiger partial charge in [0, 0.05) is 87.3 Å². The molecule has 8 aromatic heterocycles. The van der Waals surface area contributed by atoms with Crippen LogP contribution in [0.1, 0.15) is 128 Å². The minimum atomic E-state index is -0.281. The second-order valence-electron chi connectivity index (χ2n) is 33.7. The quantitative estimate of drug-likeness (QED) is 0.0183. The van der Waals surface area contributed by atoms with Crippen LogP contribution in [0.25, 0.3) is 44.7 Å². The maximum absolute atomic E-state index is 13.3. The molecule has 37 heteroatoms. The van der Waals surface area contributed by atoms with Gasteiger partial charge in [-0.2, -0.15) is 39.9 Å². The molecule has 11 N–H and O–H groups in total. The van der Waals surface area contributed by atoms with Crippen molar-refractivity contribution in [1.82, 2.24) is 102 Å². The zero-order valence-corrected chi connectivity index (χ0v) is 74.7.